The summed E-state index contributed by atoms with van der Waals surface area (Å²) in [5.74, 6) is -0.570. The molecule has 2 aromatic rings. The van der Waals surface area contributed by atoms with Gasteiger partial charge in [0.05, 0.1) is 11.6 Å². The summed E-state index contributed by atoms with van der Waals surface area (Å²) in [7, 11) is 0. The van der Waals surface area contributed by atoms with Crippen molar-refractivity contribution in [1.82, 2.24) is 14.7 Å². The normalized spacial score (nSPS) is 19.4. The molecule has 1 atom stereocenters. The number of nitrogens with zero attached hydrogens (tertiary/aromatic N) is 4. The number of piperidine rings is 1. The van der Waals surface area contributed by atoms with Crippen LogP contribution in [0.4, 0.5) is 5.69 Å². The van der Waals surface area contributed by atoms with E-state index in [4.69, 9.17) is 10.8 Å². The van der Waals surface area contributed by atoms with E-state index in [1.807, 2.05) is 12.1 Å². The highest BCUT2D eigenvalue weighted by Crippen LogP contribution is 2.29. The molecule has 29 heavy (non-hydrogen) atoms. The summed E-state index contributed by atoms with van der Waals surface area (Å²) in [5.41, 5.74) is 8.71. The zero-order valence-corrected chi connectivity index (χ0v) is 16.6. The van der Waals surface area contributed by atoms with Gasteiger partial charge in [-0.15, -0.1) is 0 Å². The molecule has 2 aliphatic heterocycles. The molecule has 0 unspecified atom stereocenters. The minimum atomic E-state index is -0.496. The summed E-state index contributed by atoms with van der Waals surface area (Å²) in [4.78, 5) is 28.2. The number of primary amides is 1. The lowest BCUT2D eigenvalue weighted by atomic mass is 10.1. The Morgan fingerprint density at radius 2 is 1.83 bits per heavy atom. The first-order chi connectivity index (χ1) is 14.1. The van der Waals surface area contributed by atoms with E-state index in [0.29, 0.717) is 17.8 Å². The van der Waals surface area contributed by atoms with E-state index in [9.17, 15) is 9.59 Å². The van der Waals surface area contributed by atoms with Crippen LogP contribution in [0.3, 0.4) is 0 Å². The number of hydrogen-bond donors (Lipinski definition) is 1. The summed E-state index contributed by atoms with van der Waals surface area (Å²) in [6.07, 6.45) is 7.30. The van der Waals surface area contributed by atoms with E-state index in [0.717, 1.165) is 38.0 Å². The lowest BCUT2D eigenvalue weighted by Gasteiger charge is -2.32. The molecule has 2 N–H and O–H groups in total. The number of aromatic nitrogens is 2. The van der Waals surface area contributed by atoms with Crippen LogP contribution in [0.5, 0.6) is 0 Å². The molecule has 1 aromatic carbocycles. The first kappa shape index (κ1) is 19.2. The average Bonchev–Trinajstić information content (AvgIpc) is 3.44. The van der Waals surface area contributed by atoms with Crippen LogP contribution in [0.25, 0.3) is 11.3 Å². The molecule has 2 amide bonds. The van der Waals surface area contributed by atoms with Gasteiger partial charge >= 0.3 is 0 Å². The molecule has 0 saturated carbocycles. The molecule has 2 aliphatic rings. The van der Waals surface area contributed by atoms with Gasteiger partial charge in [0.15, 0.2) is 0 Å². The van der Waals surface area contributed by atoms with Crippen LogP contribution in [0, 0.1) is 0 Å². The summed E-state index contributed by atoms with van der Waals surface area (Å²) >= 11 is 0. The molecule has 0 aliphatic carbocycles. The predicted molar refractivity (Wildman–Crippen MR) is 113 cm³/mol. The van der Waals surface area contributed by atoms with Gasteiger partial charge in [-0.3, -0.25) is 14.3 Å². The second-order valence-electron chi connectivity index (χ2n) is 7.76. The molecule has 2 saturated heterocycles. The fourth-order valence-electron chi connectivity index (χ4n) is 4.28. The topological polar surface area (TPSA) is 84.5 Å². The third-order valence-corrected chi connectivity index (χ3v) is 5.87. The Morgan fingerprint density at radius 1 is 1.10 bits per heavy atom. The summed E-state index contributed by atoms with van der Waals surface area (Å²) < 4.78 is 1.80. The summed E-state index contributed by atoms with van der Waals surface area (Å²) in [5, 5.41) is 4.71. The van der Waals surface area contributed by atoms with Crippen LogP contribution in [0.15, 0.2) is 43.1 Å². The average molecular weight is 393 g/mol. The predicted octanol–water partition coefficient (Wildman–Crippen LogP) is 2.60. The smallest absolute Gasteiger partial charge is 0.252 e. The fourth-order valence-corrected chi connectivity index (χ4v) is 4.28. The van der Waals surface area contributed by atoms with Crippen molar-refractivity contribution in [3.8, 4) is 11.3 Å². The third kappa shape index (κ3) is 3.90. The van der Waals surface area contributed by atoms with Crippen LogP contribution < -0.4 is 10.6 Å². The molecule has 0 radical (unpaired) electrons. The third-order valence-electron chi connectivity index (χ3n) is 5.87. The van der Waals surface area contributed by atoms with Crippen molar-refractivity contribution in [2.24, 2.45) is 5.73 Å². The zero-order chi connectivity index (χ0) is 20.4. The number of benzene rings is 1. The molecular weight excluding hydrogens is 366 g/mol. The van der Waals surface area contributed by atoms with E-state index in [-0.39, 0.29) is 11.9 Å². The number of amides is 2. The van der Waals surface area contributed by atoms with Crippen LogP contribution in [0.2, 0.25) is 0 Å². The van der Waals surface area contributed by atoms with Crippen molar-refractivity contribution >= 4 is 17.5 Å². The van der Waals surface area contributed by atoms with E-state index in [2.05, 4.69) is 23.6 Å². The molecule has 7 heteroatoms. The Hall–Kier alpha value is -3.09. The highest BCUT2D eigenvalue weighted by Gasteiger charge is 2.26. The van der Waals surface area contributed by atoms with Crippen LogP contribution in [0.1, 0.15) is 42.1 Å². The molecular formula is C22H27N5O2. The number of rotatable bonds is 5. The molecule has 0 spiro atoms. The number of anilines is 1. The van der Waals surface area contributed by atoms with Gasteiger partial charge in [0.1, 0.15) is 5.69 Å². The lowest BCUT2D eigenvalue weighted by molar-refractivity contribution is -0.127. The Kier molecular flexibility index (Phi) is 5.38. The fraction of sp³-hybridized carbons (Fsp3) is 0.409. The number of nitrogens with two attached hydrogens (primary N) is 1. The Balaban J connectivity index is 1.60. The lowest BCUT2D eigenvalue weighted by Crippen LogP contribution is -2.40. The molecule has 4 rings (SSSR count). The largest absolute Gasteiger partial charge is 0.372 e. The molecule has 2 fully saturated rings. The second-order valence-corrected chi connectivity index (χ2v) is 7.76. The number of hydrogen-bond acceptors (Lipinski definition) is 4. The highest BCUT2D eigenvalue weighted by atomic mass is 16.2. The van der Waals surface area contributed by atoms with Gasteiger partial charge in [-0.1, -0.05) is 18.7 Å². The maximum absolute atomic E-state index is 12.1. The minimum Gasteiger partial charge on any atom is -0.372 e. The Bertz CT molecular complexity index is 912. The second kappa shape index (κ2) is 8.11. The molecule has 0 bridgehead atoms. The van der Waals surface area contributed by atoms with Gasteiger partial charge in [-0.2, -0.15) is 5.10 Å². The Labute approximate surface area is 170 Å². The van der Waals surface area contributed by atoms with E-state index >= 15 is 0 Å². The van der Waals surface area contributed by atoms with Crippen molar-refractivity contribution < 1.29 is 9.59 Å². The summed E-state index contributed by atoms with van der Waals surface area (Å²) in [6, 6.07) is 8.18. The van der Waals surface area contributed by atoms with Gasteiger partial charge in [-0.05, 0) is 43.9 Å². The maximum atomic E-state index is 12.1. The van der Waals surface area contributed by atoms with Gasteiger partial charge in [-0.25, -0.2) is 0 Å². The van der Waals surface area contributed by atoms with Crippen molar-refractivity contribution in [2.45, 2.75) is 31.7 Å². The van der Waals surface area contributed by atoms with E-state index in [1.165, 1.54) is 24.6 Å². The van der Waals surface area contributed by atoms with Gasteiger partial charge in [0, 0.05) is 43.6 Å². The first-order valence-corrected chi connectivity index (χ1v) is 10.2. The maximum Gasteiger partial charge on any atom is 0.252 e. The van der Waals surface area contributed by atoms with Crippen LogP contribution in [-0.4, -0.2) is 52.7 Å². The van der Waals surface area contributed by atoms with Gasteiger partial charge in [0.25, 0.3) is 5.91 Å². The van der Waals surface area contributed by atoms with Crippen molar-refractivity contribution in [1.29, 1.82) is 0 Å². The molecule has 7 nitrogen and oxygen atoms in total. The van der Waals surface area contributed by atoms with E-state index < -0.39 is 5.91 Å². The van der Waals surface area contributed by atoms with E-state index in [1.54, 1.807) is 15.8 Å². The monoisotopic (exact) mass is 393 g/mol. The van der Waals surface area contributed by atoms with Crippen molar-refractivity contribution in [3.05, 3.63) is 48.7 Å². The zero-order valence-electron chi connectivity index (χ0n) is 16.6. The highest BCUT2D eigenvalue weighted by molar-refractivity contribution is 5.98. The minimum absolute atomic E-state index is 0.0170. The number of carbonyl (C=O) groups is 2. The number of carbonyl (C=O) groups excluding carboxylic acids is 2. The SMILES string of the molecule is C=CC(=O)N1CCC[C@@H](n2cc(C(N)=O)c(-c3ccc(N4CCCC4)cc3)n2)C1. The van der Waals surface area contributed by atoms with Crippen molar-refractivity contribution in [2.75, 3.05) is 31.1 Å². The molecule has 152 valence electrons. The van der Waals surface area contributed by atoms with Crippen molar-refractivity contribution in [3.63, 3.8) is 0 Å². The number of likely N-dealkylation sites (tertiary alicyclic amines) is 1. The molecule has 3 heterocycles. The summed E-state index contributed by atoms with van der Waals surface area (Å²) in [6.45, 7) is 7.01. The Morgan fingerprint density at radius 3 is 2.48 bits per heavy atom. The van der Waals surface area contributed by atoms with Gasteiger partial charge in [0.2, 0.25) is 5.91 Å². The quantitative estimate of drug-likeness (QED) is 0.792. The van der Waals surface area contributed by atoms with Gasteiger partial charge < -0.3 is 15.5 Å². The van der Waals surface area contributed by atoms with Crippen LogP contribution >= 0.6 is 0 Å². The molecule has 1 aromatic heterocycles. The van der Waals surface area contributed by atoms with Crippen LogP contribution in [-0.2, 0) is 4.79 Å². The first-order valence-electron chi connectivity index (χ1n) is 10.2. The standard InChI is InChI=1S/C22H27N5O2/c1-2-20(28)26-13-5-6-18(14-26)27-15-19(22(23)29)21(24-27)16-7-9-17(10-8-16)25-11-3-4-12-25/h2,7-10,15,18H,1,3-6,11-14H2,(H2,23,29)/t18-/m1/s1.